The third kappa shape index (κ3) is 6.32. The van der Waals surface area contributed by atoms with Gasteiger partial charge in [-0.2, -0.15) is 5.10 Å². The number of nitrogens with zero attached hydrogens (tertiary/aromatic N) is 4. The first-order valence-corrected chi connectivity index (χ1v) is 9.96. The van der Waals surface area contributed by atoms with Gasteiger partial charge >= 0.3 is 0 Å². The standard InChI is InChI=1S/C19H34N6O.2ClH/c1-23(2)14-15-24-12-4-17(5-13-24)16-21-18(26)19(6-9-20-10-7-19)25-11-3-8-22-25;;/h3,8,11,17,20H,4-7,9-10,12-16H2,1-2H3,(H,21,26);2*1H. The van der Waals surface area contributed by atoms with Crippen molar-refractivity contribution in [2.45, 2.75) is 31.2 Å². The zero-order chi connectivity index (χ0) is 18.4. The molecular weight excluding hydrogens is 399 g/mol. The summed E-state index contributed by atoms with van der Waals surface area (Å²) in [6.45, 7) is 7.04. The van der Waals surface area contributed by atoms with Crippen LogP contribution in [0.2, 0.25) is 0 Å². The molecule has 1 aromatic heterocycles. The lowest BCUT2D eigenvalue weighted by molar-refractivity contribution is -0.132. The second-order valence-corrected chi connectivity index (χ2v) is 8.03. The van der Waals surface area contributed by atoms with E-state index in [1.807, 2.05) is 16.9 Å². The Morgan fingerprint density at radius 3 is 2.50 bits per heavy atom. The molecule has 28 heavy (non-hydrogen) atoms. The number of nitrogens with one attached hydrogen (secondary N) is 2. The zero-order valence-electron chi connectivity index (χ0n) is 17.1. The predicted molar refractivity (Wildman–Crippen MR) is 118 cm³/mol. The number of aromatic nitrogens is 2. The van der Waals surface area contributed by atoms with Crippen LogP contribution in [0.4, 0.5) is 0 Å². The lowest BCUT2D eigenvalue weighted by Gasteiger charge is -2.37. The summed E-state index contributed by atoms with van der Waals surface area (Å²) in [4.78, 5) is 17.9. The van der Waals surface area contributed by atoms with Gasteiger partial charge in [-0.15, -0.1) is 24.8 Å². The highest BCUT2D eigenvalue weighted by Crippen LogP contribution is 2.27. The third-order valence-electron chi connectivity index (χ3n) is 5.92. The van der Waals surface area contributed by atoms with Crippen molar-refractivity contribution in [3.8, 4) is 0 Å². The molecule has 1 aromatic rings. The third-order valence-corrected chi connectivity index (χ3v) is 5.92. The molecule has 2 N–H and O–H groups in total. The molecule has 7 nitrogen and oxygen atoms in total. The lowest BCUT2D eigenvalue weighted by atomic mass is 9.87. The monoisotopic (exact) mass is 434 g/mol. The first kappa shape index (κ1) is 25.2. The average molecular weight is 435 g/mol. The van der Waals surface area contributed by atoms with Gasteiger partial charge in [0.1, 0.15) is 5.54 Å². The van der Waals surface area contributed by atoms with E-state index in [1.165, 1.54) is 12.8 Å². The number of halogens is 2. The van der Waals surface area contributed by atoms with E-state index in [1.54, 1.807) is 6.20 Å². The summed E-state index contributed by atoms with van der Waals surface area (Å²) in [7, 11) is 4.25. The number of carbonyl (C=O) groups is 1. The number of amides is 1. The van der Waals surface area contributed by atoms with Gasteiger partial charge in [-0.1, -0.05) is 0 Å². The molecule has 0 spiro atoms. The molecule has 0 atom stereocenters. The van der Waals surface area contributed by atoms with Crippen LogP contribution in [0, 0.1) is 5.92 Å². The number of rotatable bonds is 7. The minimum absolute atomic E-state index is 0. The zero-order valence-corrected chi connectivity index (χ0v) is 18.7. The second kappa shape index (κ2) is 12.0. The Hall–Kier alpha value is -0.860. The van der Waals surface area contributed by atoms with Gasteiger partial charge in [0.15, 0.2) is 0 Å². The molecule has 2 saturated heterocycles. The molecule has 9 heteroatoms. The molecule has 2 fully saturated rings. The molecule has 3 heterocycles. The van der Waals surface area contributed by atoms with Crippen molar-refractivity contribution < 1.29 is 4.79 Å². The van der Waals surface area contributed by atoms with Crippen molar-refractivity contribution in [3.63, 3.8) is 0 Å². The van der Waals surface area contributed by atoms with Gasteiger partial charge in [0, 0.05) is 32.0 Å². The molecule has 1 amide bonds. The van der Waals surface area contributed by atoms with E-state index in [0.717, 1.165) is 58.7 Å². The van der Waals surface area contributed by atoms with Crippen LogP contribution in [0.15, 0.2) is 18.5 Å². The highest BCUT2D eigenvalue weighted by atomic mass is 35.5. The Kier molecular flexibility index (Phi) is 10.8. The molecule has 162 valence electrons. The SMILES string of the molecule is CN(C)CCN1CCC(CNC(=O)C2(n3cccn3)CCNCC2)CC1.Cl.Cl. The Morgan fingerprint density at radius 1 is 1.25 bits per heavy atom. The maximum atomic E-state index is 13.1. The van der Waals surface area contributed by atoms with Crippen molar-refractivity contribution in [3.05, 3.63) is 18.5 Å². The summed E-state index contributed by atoms with van der Waals surface area (Å²) >= 11 is 0. The minimum atomic E-state index is -0.527. The molecule has 3 rings (SSSR count). The smallest absolute Gasteiger partial charge is 0.248 e. The summed E-state index contributed by atoms with van der Waals surface area (Å²) < 4.78 is 1.87. The number of likely N-dealkylation sites (tertiary alicyclic amines) is 1. The van der Waals surface area contributed by atoms with E-state index < -0.39 is 5.54 Å². The summed E-state index contributed by atoms with van der Waals surface area (Å²) in [6.07, 6.45) is 7.62. The van der Waals surface area contributed by atoms with Gasteiger partial charge < -0.3 is 20.4 Å². The number of likely N-dealkylation sites (N-methyl/N-ethyl adjacent to an activating group) is 1. The molecule has 0 aromatic carbocycles. The van der Waals surface area contributed by atoms with Gasteiger partial charge in [0.05, 0.1) is 0 Å². The molecule has 0 radical (unpaired) electrons. The lowest BCUT2D eigenvalue weighted by Crippen LogP contribution is -2.55. The van der Waals surface area contributed by atoms with Gasteiger partial charge in [-0.3, -0.25) is 9.48 Å². The van der Waals surface area contributed by atoms with Crippen LogP contribution < -0.4 is 10.6 Å². The number of carbonyl (C=O) groups excluding carboxylic acids is 1. The van der Waals surface area contributed by atoms with Gasteiger partial charge in [-0.05, 0) is 77.9 Å². The van der Waals surface area contributed by atoms with E-state index in [-0.39, 0.29) is 30.7 Å². The van der Waals surface area contributed by atoms with Crippen LogP contribution in [0.1, 0.15) is 25.7 Å². The number of piperidine rings is 2. The van der Waals surface area contributed by atoms with Crippen LogP contribution in [0.3, 0.4) is 0 Å². The van der Waals surface area contributed by atoms with Crippen LogP contribution >= 0.6 is 24.8 Å². The Morgan fingerprint density at radius 2 is 1.93 bits per heavy atom. The summed E-state index contributed by atoms with van der Waals surface area (Å²) in [6, 6.07) is 1.90. The topological polar surface area (TPSA) is 65.4 Å². The van der Waals surface area contributed by atoms with Gasteiger partial charge in [0.25, 0.3) is 0 Å². The minimum Gasteiger partial charge on any atom is -0.354 e. The molecular formula is C19H36Cl2N6O. The molecule has 0 saturated carbocycles. The first-order chi connectivity index (χ1) is 12.6. The van der Waals surface area contributed by atoms with E-state index in [0.29, 0.717) is 5.92 Å². The predicted octanol–water partition coefficient (Wildman–Crippen LogP) is 1.20. The number of hydrogen-bond acceptors (Lipinski definition) is 5. The van der Waals surface area contributed by atoms with Gasteiger partial charge in [0.2, 0.25) is 5.91 Å². The average Bonchev–Trinajstić information content (AvgIpc) is 3.21. The highest BCUT2D eigenvalue weighted by molar-refractivity contribution is 5.85. The fraction of sp³-hybridized carbons (Fsp3) is 0.789. The highest BCUT2D eigenvalue weighted by Gasteiger charge is 2.42. The van der Waals surface area contributed by atoms with Crippen LogP contribution in [-0.4, -0.2) is 85.4 Å². The maximum Gasteiger partial charge on any atom is 0.248 e. The molecule has 0 unspecified atom stereocenters. The van der Waals surface area contributed by atoms with Gasteiger partial charge in [-0.25, -0.2) is 0 Å². The van der Waals surface area contributed by atoms with Crippen molar-refractivity contribution in [1.82, 2.24) is 30.2 Å². The van der Waals surface area contributed by atoms with E-state index in [9.17, 15) is 4.79 Å². The van der Waals surface area contributed by atoms with Crippen molar-refractivity contribution in [2.75, 3.05) is 59.9 Å². The van der Waals surface area contributed by atoms with E-state index in [2.05, 4.69) is 39.6 Å². The van der Waals surface area contributed by atoms with Crippen LogP contribution in [0.25, 0.3) is 0 Å². The number of hydrogen-bond donors (Lipinski definition) is 2. The summed E-state index contributed by atoms with van der Waals surface area (Å²) in [5, 5.41) is 11.0. The second-order valence-electron chi connectivity index (χ2n) is 8.03. The summed E-state index contributed by atoms with van der Waals surface area (Å²) in [5.41, 5.74) is -0.527. The first-order valence-electron chi connectivity index (χ1n) is 9.96. The largest absolute Gasteiger partial charge is 0.354 e. The van der Waals surface area contributed by atoms with Crippen molar-refractivity contribution in [2.24, 2.45) is 5.92 Å². The quantitative estimate of drug-likeness (QED) is 0.674. The normalized spacial score (nSPS) is 20.2. The fourth-order valence-electron chi connectivity index (χ4n) is 4.08. The molecule has 0 aliphatic carbocycles. The van der Waals surface area contributed by atoms with Crippen molar-refractivity contribution >= 4 is 30.7 Å². The maximum absolute atomic E-state index is 13.1. The van der Waals surface area contributed by atoms with E-state index >= 15 is 0 Å². The van der Waals surface area contributed by atoms with E-state index in [4.69, 9.17) is 0 Å². The van der Waals surface area contributed by atoms with Crippen LogP contribution in [0.5, 0.6) is 0 Å². The Balaban J connectivity index is 0.00000196. The Bertz CT molecular complexity index is 555. The Labute approximate surface area is 181 Å². The summed E-state index contributed by atoms with van der Waals surface area (Å²) in [5.74, 6) is 0.726. The van der Waals surface area contributed by atoms with Crippen molar-refractivity contribution in [1.29, 1.82) is 0 Å². The molecule has 0 bridgehead atoms. The van der Waals surface area contributed by atoms with Crippen LogP contribution in [-0.2, 0) is 10.3 Å². The molecule has 2 aliphatic heterocycles. The fourth-order valence-corrected chi connectivity index (χ4v) is 4.08. The molecule has 2 aliphatic rings.